The van der Waals surface area contributed by atoms with E-state index in [1.807, 2.05) is 85.8 Å². The molecule has 15 heteroatoms. The van der Waals surface area contributed by atoms with E-state index in [9.17, 15) is 35.1 Å². The third kappa shape index (κ3) is 6.96. The second-order valence-corrected chi connectivity index (χ2v) is 17.5. The summed E-state index contributed by atoms with van der Waals surface area (Å²) in [6.45, 7) is 4.78. The molecule has 4 unspecified atom stereocenters. The van der Waals surface area contributed by atoms with Crippen molar-refractivity contribution < 1.29 is 35.1 Å². The minimum atomic E-state index is -1.15. The van der Waals surface area contributed by atoms with E-state index in [1.54, 1.807) is 33.9 Å². The molecule has 4 fully saturated rings. The van der Waals surface area contributed by atoms with Crippen LogP contribution in [0.4, 0.5) is 0 Å². The van der Waals surface area contributed by atoms with Gasteiger partial charge in [0.05, 0.1) is 59.2 Å². The van der Waals surface area contributed by atoms with Gasteiger partial charge in [-0.2, -0.15) is 0 Å². The molecule has 0 radical (unpaired) electrons. The van der Waals surface area contributed by atoms with E-state index in [2.05, 4.69) is 53.6 Å². The minimum Gasteiger partial charge on any atom is -0.507 e. The topological polar surface area (TPSA) is 222 Å². The van der Waals surface area contributed by atoms with Gasteiger partial charge < -0.3 is 34.7 Å². The van der Waals surface area contributed by atoms with Crippen LogP contribution in [0, 0.1) is 53.3 Å². The maximum atomic E-state index is 12.4. The molecule has 4 aromatic heterocycles. The number of Topliss-reactive ketones (excluding diaryl/α,β-unsaturated/α-hetero) is 2. The van der Waals surface area contributed by atoms with E-state index in [0.717, 1.165) is 11.1 Å². The number of ketones is 2. The van der Waals surface area contributed by atoms with Crippen molar-refractivity contribution in [2.75, 3.05) is 0 Å². The molecule has 0 amide bonds. The predicted molar refractivity (Wildman–Crippen MR) is 242 cm³/mol. The Morgan fingerprint density at radius 1 is 0.621 bits per heavy atom. The van der Waals surface area contributed by atoms with Crippen LogP contribution in [-0.2, 0) is 9.59 Å². The maximum absolute atomic E-state index is 12.4. The van der Waals surface area contributed by atoms with Crippen LogP contribution in [0.2, 0.25) is 0 Å². The van der Waals surface area contributed by atoms with Crippen molar-refractivity contribution in [1.82, 2.24) is 39.0 Å². The molecule has 0 aliphatic heterocycles. The highest BCUT2D eigenvalue weighted by molar-refractivity contribution is 5.89. The predicted octanol–water partition coefficient (Wildman–Crippen LogP) is 4.56. The van der Waals surface area contributed by atoms with Gasteiger partial charge in [-0.15, -0.1) is 0 Å². The average Bonchev–Trinajstić information content (AvgIpc) is 4.09. The molecule has 3 aromatic carbocycles. The fraction of sp³-hybridized carbons (Fsp3) is 0.294. The van der Waals surface area contributed by atoms with Crippen LogP contribution in [-0.4, -0.2) is 101 Å². The quantitative estimate of drug-likeness (QED) is 0.114. The number of carbonyl (C=O) groups is 2. The highest BCUT2D eigenvalue weighted by atomic mass is 16.3. The SMILES string of the molecule is CC(=O)[C@@]12CC1[C@@H](n1cnc3c(/C=C(\O)c4ccccc4)nc(C#Cc4ccccc4)nc31)[C@H](O)C2O.CC(=O)[C@@]12CC1[C@@H](n1cnc3c(C)nc(C#Cc4ccccc4)nc31)[C@H](O)C2O. The van der Waals surface area contributed by atoms with Crippen LogP contribution < -0.4 is 0 Å². The Morgan fingerprint density at radius 3 is 1.53 bits per heavy atom. The van der Waals surface area contributed by atoms with Gasteiger partial charge in [-0.3, -0.25) is 9.59 Å². The van der Waals surface area contributed by atoms with Gasteiger partial charge in [-0.1, -0.05) is 78.6 Å². The Kier molecular flexibility index (Phi) is 10.5. The molecule has 15 nitrogen and oxygen atoms in total. The smallest absolute Gasteiger partial charge is 0.207 e. The van der Waals surface area contributed by atoms with Gasteiger partial charge in [0.15, 0.2) is 11.3 Å². The lowest BCUT2D eigenvalue weighted by Crippen LogP contribution is -2.36. The molecule has 7 aromatic rings. The number of carbonyl (C=O) groups excluding carboxylic acids is 2. The first-order chi connectivity index (χ1) is 31.8. The summed E-state index contributed by atoms with van der Waals surface area (Å²) in [6, 6.07) is 27.1. The zero-order valence-electron chi connectivity index (χ0n) is 36.1. The number of nitrogens with zero attached hydrogens (tertiary/aromatic N) is 8. The van der Waals surface area contributed by atoms with Crippen molar-refractivity contribution in [2.45, 2.75) is 70.1 Å². The molecule has 4 aliphatic carbocycles. The second-order valence-electron chi connectivity index (χ2n) is 17.5. The fourth-order valence-corrected chi connectivity index (χ4v) is 10.3. The zero-order valence-corrected chi connectivity index (χ0v) is 36.1. The van der Waals surface area contributed by atoms with Crippen LogP contribution in [0.3, 0.4) is 0 Å². The molecular weight excluding hydrogens is 837 g/mol. The van der Waals surface area contributed by atoms with Gasteiger partial charge in [-0.25, -0.2) is 29.9 Å². The molecule has 66 heavy (non-hydrogen) atoms. The van der Waals surface area contributed by atoms with Gasteiger partial charge >= 0.3 is 0 Å². The number of aliphatic hydroxyl groups is 5. The number of imidazole rings is 2. The third-order valence-electron chi connectivity index (χ3n) is 13.9. The molecule has 330 valence electrons. The summed E-state index contributed by atoms with van der Waals surface area (Å²) in [5, 5.41) is 53.6. The highest BCUT2D eigenvalue weighted by Gasteiger charge is 2.75. The number of hydrogen-bond acceptors (Lipinski definition) is 13. The van der Waals surface area contributed by atoms with Crippen LogP contribution >= 0.6 is 0 Å². The molecule has 0 bridgehead atoms. The van der Waals surface area contributed by atoms with Crippen LogP contribution in [0.25, 0.3) is 34.2 Å². The highest BCUT2D eigenvalue weighted by Crippen LogP contribution is 2.69. The Balaban J connectivity index is 0.000000160. The summed E-state index contributed by atoms with van der Waals surface area (Å²) in [5.74, 6) is 12.1. The number of aromatic nitrogens is 8. The molecule has 4 aliphatic rings. The standard InChI is InChI=1S/C29H24N4O4.C22H20N4O3/c1-17(34)29-15-20(29)25(26(36)27(29)37)33-16-30-24-21(14-22(35)19-10-6-3-7-11-19)31-23(32-28(24)33)13-12-18-8-4-2-5-9-18;1-12-17-21(25-16(24-12)9-8-14-6-4-3-5-7-14)26(11-23-17)18-15-10-22(15,13(2)27)20(29)19(18)28/h2-11,14,16,20,25-27,35-37H,15H2,1H3;3-7,11,15,18-20,28-29H,10H2,1-2H3/b22-14-;/t20?,25-,26+,27?,29+;15?,18-,19+,20?,22+/m11/s1. The lowest BCUT2D eigenvalue weighted by atomic mass is 9.95. The summed E-state index contributed by atoms with van der Waals surface area (Å²) >= 11 is 0. The first kappa shape index (κ1) is 42.5. The molecule has 10 atom stereocenters. The number of fused-ring (bicyclic) bond motifs is 4. The number of aryl methyl sites for hydroxylation is 1. The van der Waals surface area contributed by atoms with Crippen LogP contribution in [0.15, 0.2) is 104 Å². The summed E-state index contributed by atoms with van der Waals surface area (Å²) < 4.78 is 3.48. The van der Waals surface area contributed by atoms with E-state index in [0.29, 0.717) is 57.9 Å². The van der Waals surface area contributed by atoms with Crippen molar-refractivity contribution in [1.29, 1.82) is 0 Å². The number of rotatable bonds is 6. The van der Waals surface area contributed by atoms with Crippen LogP contribution in [0.5, 0.6) is 0 Å². The minimum absolute atomic E-state index is 0.00577. The van der Waals surface area contributed by atoms with Gasteiger partial charge in [0.25, 0.3) is 0 Å². The lowest BCUT2D eigenvalue weighted by Gasteiger charge is -2.23. The van der Waals surface area contributed by atoms with Gasteiger partial charge in [0.2, 0.25) is 11.6 Å². The van der Waals surface area contributed by atoms with Crippen molar-refractivity contribution in [3.8, 4) is 23.7 Å². The Hall–Kier alpha value is -7.40. The van der Waals surface area contributed by atoms with Crippen molar-refractivity contribution in [3.63, 3.8) is 0 Å². The average molecular weight is 881 g/mol. The molecule has 5 N–H and O–H groups in total. The van der Waals surface area contributed by atoms with Gasteiger partial charge in [0, 0.05) is 22.8 Å². The molecule has 0 spiro atoms. The molecule has 4 saturated carbocycles. The third-order valence-corrected chi connectivity index (χ3v) is 13.9. The lowest BCUT2D eigenvalue weighted by molar-refractivity contribution is -0.128. The first-order valence-corrected chi connectivity index (χ1v) is 21.6. The normalized spacial score (nSPS) is 28.0. The van der Waals surface area contributed by atoms with Crippen LogP contribution in [0.1, 0.15) is 78.5 Å². The van der Waals surface area contributed by atoms with Crippen molar-refractivity contribution in [2.24, 2.45) is 22.7 Å². The zero-order chi connectivity index (χ0) is 46.1. The van der Waals surface area contributed by atoms with E-state index < -0.39 is 47.3 Å². The van der Waals surface area contributed by atoms with E-state index >= 15 is 0 Å². The summed E-state index contributed by atoms with van der Waals surface area (Å²) in [5.41, 5.74) is 3.54. The first-order valence-electron chi connectivity index (χ1n) is 21.6. The van der Waals surface area contributed by atoms with Crippen molar-refractivity contribution in [3.05, 3.63) is 143 Å². The monoisotopic (exact) mass is 880 g/mol. The van der Waals surface area contributed by atoms with Crippen molar-refractivity contribution >= 4 is 45.7 Å². The number of aliphatic hydroxyl groups excluding tert-OH is 5. The molecular formula is C51H44N8O7. The van der Waals surface area contributed by atoms with E-state index in [-0.39, 0.29) is 35.0 Å². The Bertz CT molecular complexity index is 3220. The molecule has 0 saturated heterocycles. The van der Waals surface area contributed by atoms with E-state index in [4.69, 9.17) is 0 Å². The number of benzene rings is 3. The number of hydrogen-bond donors (Lipinski definition) is 5. The fourth-order valence-electron chi connectivity index (χ4n) is 10.3. The summed E-state index contributed by atoms with van der Waals surface area (Å²) in [7, 11) is 0. The Labute approximate surface area is 378 Å². The molecule has 11 rings (SSSR count). The van der Waals surface area contributed by atoms with Gasteiger partial charge in [0.1, 0.15) is 40.6 Å². The summed E-state index contributed by atoms with van der Waals surface area (Å²) in [6.07, 6.45) is 1.30. The Morgan fingerprint density at radius 2 is 1.06 bits per heavy atom. The van der Waals surface area contributed by atoms with E-state index in [1.165, 1.54) is 19.9 Å². The summed E-state index contributed by atoms with van der Waals surface area (Å²) in [4.78, 5) is 51.6. The maximum Gasteiger partial charge on any atom is 0.207 e. The molecule has 4 heterocycles. The van der Waals surface area contributed by atoms with Gasteiger partial charge in [-0.05, 0) is 81.6 Å². The second kappa shape index (κ2) is 16.2. The largest absolute Gasteiger partial charge is 0.507 e.